The van der Waals surface area contributed by atoms with Gasteiger partial charge in [0, 0.05) is 25.4 Å². The monoisotopic (exact) mass is 952 g/mol. The van der Waals surface area contributed by atoms with E-state index >= 15 is 0 Å². The number of aromatic nitrogens is 8. The Balaban J connectivity index is 0.000000248. The number of hydrogen-bond donors (Lipinski definition) is 6. The molecule has 4 aromatic heterocycles. The fraction of sp³-hybridized carbons (Fsp3) is 0.429. The first-order valence-electron chi connectivity index (χ1n) is 21.3. The van der Waals surface area contributed by atoms with E-state index in [9.17, 15) is 28.3 Å². The molecule has 6 rings (SSSR count). The minimum Gasteiger partial charge on any atom is -0.465 e. The highest BCUT2D eigenvalue weighted by Crippen LogP contribution is 2.46. The maximum Gasteiger partial charge on any atom is 0.323 e. The van der Waals surface area contributed by atoms with Gasteiger partial charge in [0.05, 0.1) is 39.1 Å². The normalized spacial score (nSPS) is 14.1. The molecular formula is C42H58N12O10P2. The van der Waals surface area contributed by atoms with Crippen molar-refractivity contribution in [3.05, 3.63) is 105 Å². The third kappa shape index (κ3) is 15.0. The Bertz CT molecular complexity index is 2730. The zero-order valence-electron chi connectivity index (χ0n) is 37.4. The van der Waals surface area contributed by atoms with Crippen LogP contribution in [0.2, 0.25) is 0 Å². The number of aromatic amines is 2. The van der Waals surface area contributed by atoms with E-state index in [0.29, 0.717) is 31.0 Å². The number of imidazole rings is 2. The Morgan fingerprint density at radius 3 is 1.52 bits per heavy atom. The first-order chi connectivity index (χ1) is 31.6. The number of rotatable bonds is 24. The molecule has 0 fully saturated rings. The second-order valence-corrected chi connectivity index (χ2v) is 20.5. The third-order valence-corrected chi connectivity index (χ3v) is 14.4. The number of benzene rings is 2. The fourth-order valence-electron chi connectivity index (χ4n) is 6.55. The van der Waals surface area contributed by atoms with Crippen molar-refractivity contribution in [3.63, 3.8) is 0 Å². The largest absolute Gasteiger partial charge is 0.465 e. The number of anilines is 2. The quantitative estimate of drug-likeness (QED) is 0.0282. The number of fused-ring (bicyclic) bond motifs is 2. The van der Waals surface area contributed by atoms with Crippen LogP contribution in [0.25, 0.3) is 22.3 Å². The van der Waals surface area contributed by atoms with Crippen LogP contribution >= 0.6 is 14.6 Å². The fourth-order valence-corrected chi connectivity index (χ4v) is 11.1. The highest BCUT2D eigenvalue weighted by molar-refractivity contribution is 7.61. The van der Waals surface area contributed by atoms with E-state index in [1.54, 1.807) is 29.9 Å². The maximum absolute atomic E-state index is 13.8. The average Bonchev–Trinajstić information content (AvgIpc) is 3.89. The van der Waals surface area contributed by atoms with Gasteiger partial charge in [0.15, 0.2) is 36.9 Å². The highest BCUT2D eigenvalue weighted by Gasteiger charge is 2.30. The van der Waals surface area contributed by atoms with E-state index in [1.807, 2.05) is 67.6 Å². The smallest absolute Gasteiger partial charge is 0.323 e. The van der Waals surface area contributed by atoms with Gasteiger partial charge >= 0.3 is 11.9 Å². The summed E-state index contributed by atoms with van der Waals surface area (Å²) in [6.07, 6.45) is 4.91. The Labute approximate surface area is 380 Å². The van der Waals surface area contributed by atoms with Crippen molar-refractivity contribution < 1.29 is 37.7 Å². The molecule has 0 saturated carbocycles. The number of nitrogens with two attached hydrogens (primary N) is 2. The zero-order chi connectivity index (χ0) is 47.7. The Morgan fingerprint density at radius 2 is 1.11 bits per heavy atom. The van der Waals surface area contributed by atoms with Crippen molar-refractivity contribution in [2.45, 2.75) is 78.0 Å². The second-order valence-electron chi connectivity index (χ2n) is 15.2. The highest BCUT2D eigenvalue weighted by atomic mass is 31.2. The van der Waals surface area contributed by atoms with Gasteiger partial charge in [-0.25, -0.2) is 9.97 Å². The molecule has 0 saturated heterocycles. The number of hydrogen-bond acceptors (Lipinski definition) is 16. The topological polar surface area (TPSA) is 308 Å². The lowest BCUT2D eigenvalue weighted by atomic mass is 10.2. The van der Waals surface area contributed by atoms with Gasteiger partial charge in [0.2, 0.25) is 11.9 Å². The summed E-state index contributed by atoms with van der Waals surface area (Å²) in [6.45, 7) is 8.58. The SMILES string of the molecule is CCCCOC(=O)[C@H](C)NP(=O)(COCCn1cnc2c(=O)[nH]c(N)nc21)Cc1ccccc1.CCOC(=O)[C@H](C)NP(=O)(COCCn1cnc2c(=O)[nH]c(N)nc21)Cc1ccccc1. The molecule has 0 aliphatic carbocycles. The Kier molecular flexibility index (Phi) is 18.9. The van der Waals surface area contributed by atoms with Gasteiger partial charge in [-0.3, -0.25) is 39.3 Å². The lowest BCUT2D eigenvalue weighted by Gasteiger charge is -2.23. The van der Waals surface area contributed by atoms with E-state index in [4.69, 9.17) is 30.4 Å². The van der Waals surface area contributed by atoms with Crippen LogP contribution in [-0.2, 0) is 63.1 Å². The van der Waals surface area contributed by atoms with Gasteiger partial charge in [-0.05, 0) is 38.3 Å². The van der Waals surface area contributed by atoms with Crippen LogP contribution < -0.4 is 32.8 Å². The second kappa shape index (κ2) is 24.5. The molecule has 8 N–H and O–H groups in total. The third-order valence-electron chi connectivity index (χ3n) is 9.69. The molecular weight excluding hydrogens is 894 g/mol. The number of unbranched alkanes of at least 4 members (excludes halogenated alkanes) is 1. The number of esters is 2. The molecule has 66 heavy (non-hydrogen) atoms. The predicted molar refractivity (Wildman–Crippen MR) is 250 cm³/mol. The lowest BCUT2D eigenvalue weighted by Crippen LogP contribution is -2.35. The molecule has 24 heteroatoms. The molecule has 6 aromatic rings. The van der Waals surface area contributed by atoms with Crippen molar-refractivity contribution in [2.75, 3.05) is 50.6 Å². The summed E-state index contributed by atoms with van der Waals surface area (Å²) in [6, 6.07) is 17.2. The summed E-state index contributed by atoms with van der Waals surface area (Å²) in [5, 5.41) is 5.90. The van der Waals surface area contributed by atoms with E-state index in [2.05, 4.69) is 40.1 Å². The van der Waals surface area contributed by atoms with Crippen molar-refractivity contribution in [1.29, 1.82) is 0 Å². The van der Waals surface area contributed by atoms with Crippen LogP contribution in [0.1, 0.15) is 51.7 Å². The average molecular weight is 953 g/mol. The van der Waals surface area contributed by atoms with Gasteiger partial charge in [-0.2, -0.15) is 9.97 Å². The molecule has 0 bridgehead atoms. The van der Waals surface area contributed by atoms with Gasteiger partial charge in [0.25, 0.3) is 11.1 Å². The summed E-state index contributed by atoms with van der Waals surface area (Å²) in [5.41, 5.74) is 13.2. The summed E-state index contributed by atoms with van der Waals surface area (Å²) in [7, 11) is -6.28. The van der Waals surface area contributed by atoms with Gasteiger partial charge in [-0.1, -0.05) is 74.0 Å². The van der Waals surface area contributed by atoms with E-state index in [0.717, 1.165) is 24.0 Å². The van der Waals surface area contributed by atoms with Gasteiger partial charge in [0.1, 0.15) is 24.8 Å². The van der Waals surface area contributed by atoms with Crippen LogP contribution in [0.3, 0.4) is 0 Å². The molecule has 0 aliphatic heterocycles. The first kappa shape index (κ1) is 51.0. The first-order valence-corrected chi connectivity index (χ1v) is 25.5. The van der Waals surface area contributed by atoms with Crippen LogP contribution in [0.4, 0.5) is 11.9 Å². The number of H-pyrrole nitrogens is 2. The summed E-state index contributed by atoms with van der Waals surface area (Å²) in [4.78, 5) is 69.3. The van der Waals surface area contributed by atoms with Crippen LogP contribution in [0.15, 0.2) is 82.9 Å². The number of carbonyl (C=O) groups is 2. The summed E-state index contributed by atoms with van der Waals surface area (Å²) < 4.78 is 52.4. The number of nitrogen functional groups attached to an aromatic ring is 2. The minimum atomic E-state index is -3.15. The number of nitrogens with zero attached hydrogens (tertiary/aromatic N) is 6. The molecule has 22 nitrogen and oxygen atoms in total. The van der Waals surface area contributed by atoms with Crippen LogP contribution in [-0.4, -0.2) is 102 Å². The summed E-state index contributed by atoms with van der Waals surface area (Å²) >= 11 is 0. The molecule has 4 heterocycles. The van der Waals surface area contributed by atoms with E-state index < -0.39 is 49.7 Å². The van der Waals surface area contributed by atoms with Crippen molar-refractivity contribution in [3.8, 4) is 0 Å². The van der Waals surface area contributed by atoms with E-state index in [1.165, 1.54) is 12.7 Å². The van der Waals surface area contributed by atoms with Gasteiger partial charge < -0.3 is 48.7 Å². The molecule has 0 spiro atoms. The van der Waals surface area contributed by atoms with E-state index in [-0.39, 0.29) is 67.8 Å². The molecule has 0 aliphatic rings. The molecule has 2 unspecified atom stereocenters. The van der Waals surface area contributed by atoms with Gasteiger partial charge in [-0.15, -0.1) is 0 Å². The van der Waals surface area contributed by atoms with Crippen molar-refractivity contribution in [1.82, 2.24) is 49.2 Å². The summed E-state index contributed by atoms with van der Waals surface area (Å²) in [5.74, 6) is -0.925. The molecule has 0 radical (unpaired) electrons. The molecule has 2 aromatic carbocycles. The Morgan fingerprint density at radius 1 is 0.682 bits per heavy atom. The number of nitrogens with one attached hydrogen (secondary N) is 4. The molecule has 4 atom stereocenters. The minimum absolute atomic E-state index is 0.00320. The van der Waals surface area contributed by atoms with Crippen LogP contribution in [0.5, 0.6) is 0 Å². The number of carbonyl (C=O) groups excluding carboxylic acids is 2. The molecule has 0 amide bonds. The Hall–Kier alpha value is -6.02. The maximum atomic E-state index is 13.8. The number of ether oxygens (including phenoxy) is 4. The molecule has 356 valence electrons. The standard InChI is InChI=1S/C22H31N6O5P.C20H27N6O5P/c1-3-4-11-33-21(30)16(2)27-34(31,13-17-8-6-5-7-9-17)15-32-12-10-28-14-24-18-19(28)25-22(23)26-20(18)29;1-3-31-19(28)14(2)25-32(29,11-15-7-5-4-6-8-15)13-30-10-9-26-12-22-16-17(26)23-20(21)24-18(16)27/h5-9,14,16H,3-4,10-13,15H2,1-2H3,(H,27,31)(H3,23,25,26,29);4-8,12,14H,3,9-11,13H2,1-2H3,(H,25,29)(H3,21,23,24,27)/t16-,34?;14-,32?/m00/s1. The lowest BCUT2D eigenvalue weighted by molar-refractivity contribution is -0.145. The van der Waals surface area contributed by atoms with Crippen LogP contribution in [0, 0.1) is 0 Å². The van der Waals surface area contributed by atoms with Crippen molar-refractivity contribution in [2.24, 2.45) is 0 Å². The predicted octanol–water partition coefficient (Wildman–Crippen LogP) is 4.17. The zero-order valence-corrected chi connectivity index (χ0v) is 39.2. The van der Waals surface area contributed by atoms with Crippen molar-refractivity contribution >= 4 is 60.7 Å².